The Balaban J connectivity index is 2.89. The SMILES string of the molecule is CC1(S(C)(=O)=O)CCCC(=O)NC(=O)CC1. The van der Waals surface area contributed by atoms with Crippen molar-refractivity contribution in [2.45, 2.75) is 43.8 Å². The molecule has 92 valence electrons. The summed E-state index contributed by atoms with van der Waals surface area (Å²) in [5.74, 6) is -0.704. The highest BCUT2D eigenvalue weighted by atomic mass is 32.2. The molecule has 0 aromatic rings. The fourth-order valence-electron chi connectivity index (χ4n) is 1.78. The molecule has 16 heavy (non-hydrogen) atoms. The van der Waals surface area contributed by atoms with Crippen LogP contribution in [0, 0.1) is 0 Å². The van der Waals surface area contributed by atoms with Crippen LogP contribution >= 0.6 is 0 Å². The normalized spacial score (nSPS) is 28.9. The number of hydrogen-bond donors (Lipinski definition) is 1. The van der Waals surface area contributed by atoms with E-state index in [1.54, 1.807) is 6.92 Å². The molecular formula is C10H17NO4S. The molecule has 0 spiro atoms. The summed E-state index contributed by atoms with van der Waals surface area (Å²) in [7, 11) is -3.21. The number of carbonyl (C=O) groups is 2. The molecule has 6 heteroatoms. The Kier molecular flexibility index (Phi) is 3.72. The maximum absolute atomic E-state index is 11.7. The molecule has 1 aliphatic heterocycles. The first-order valence-corrected chi connectivity index (χ1v) is 7.16. The third-order valence-corrected chi connectivity index (χ3v) is 5.36. The van der Waals surface area contributed by atoms with Crippen LogP contribution in [0.2, 0.25) is 0 Å². The highest BCUT2D eigenvalue weighted by molar-refractivity contribution is 7.92. The van der Waals surface area contributed by atoms with Crippen LogP contribution in [0.1, 0.15) is 39.0 Å². The summed E-state index contributed by atoms with van der Waals surface area (Å²) in [6, 6.07) is 0. The van der Waals surface area contributed by atoms with Crippen LogP contribution in [0.4, 0.5) is 0 Å². The Bertz CT molecular complexity index is 401. The van der Waals surface area contributed by atoms with E-state index in [1.165, 1.54) is 6.26 Å². The second-order valence-corrected chi connectivity index (χ2v) is 7.08. The minimum absolute atomic E-state index is 0.0787. The van der Waals surface area contributed by atoms with Crippen molar-refractivity contribution in [1.82, 2.24) is 5.32 Å². The zero-order valence-corrected chi connectivity index (χ0v) is 10.4. The van der Waals surface area contributed by atoms with E-state index in [0.29, 0.717) is 12.8 Å². The lowest BCUT2D eigenvalue weighted by Gasteiger charge is -2.26. The molecule has 1 atom stereocenters. The molecule has 0 radical (unpaired) electrons. The van der Waals surface area contributed by atoms with Crippen LogP contribution in [0.3, 0.4) is 0 Å². The van der Waals surface area contributed by atoms with Crippen molar-refractivity contribution in [2.75, 3.05) is 6.26 Å². The first-order chi connectivity index (χ1) is 7.24. The summed E-state index contributed by atoms with van der Waals surface area (Å²) in [5.41, 5.74) is 0. The van der Waals surface area contributed by atoms with Gasteiger partial charge in [-0.1, -0.05) is 0 Å². The zero-order chi connectivity index (χ0) is 12.4. The standard InChI is InChI=1S/C10H17NO4S/c1-10(16(2,14)15)6-3-4-8(12)11-9(13)5-7-10/h3-7H2,1-2H3,(H,11,12,13). The van der Waals surface area contributed by atoms with Crippen LogP contribution < -0.4 is 5.32 Å². The van der Waals surface area contributed by atoms with Crippen molar-refractivity contribution >= 4 is 21.7 Å². The van der Waals surface area contributed by atoms with Crippen LogP contribution in [0.25, 0.3) is 0 Å². The molecule has 0 aromatic heterocycles. The molecule has 2 amide bonds. The third kappa shape index (κ3) is 3.04. The quantitative estimate of drug-likeness (QED) is 0.680. The van der Waals surface area contributed by atoms with Crippen molar-refractivity contribution in [1.29, 1.82) is 0 Å². The smallest absolute Gasteiger partial charge is 0.226 e. The Morgan fingerprint density at radius 2 is 1.69 bits per heavy atom. The maximum Gasteiger partial charge on any atom is 0.226 e. The highest BCUT2D eigenvalue weighted by Crippen LogP contribution is 2.29. The van der Waals surface area contributed by atoms with Crippen LogP contribution in [0.15, 0.2) is 0 Å². The average Bonchev–Trinajstić information content (AvgIpc) is 2.17. The maximum atomic E-state index is 11.7. The fourth-order valence-corrected chi connectivity index (χ4v) is 2.77. The van der Waals surface area contributed by atoms with Gasteiger partial charge in [-0.15, -0.1) is 0 Å². The largest absolute Gasteiger partial charge is 0.296 e. The Labute approximate surface area is 95.5 Å². The number of imide groups is 1. The van der Waals surface area contributed by atoms with Gasteiger partial charge in [0.2, 0.25) is 11.8 Å². The van der Waals surface area contributed by atoms with Gasteiger partial charge >= 0.3 is 0 Å². The molecule has 1 aliphatic rings. The molecule has 1 heterocycles. The monoisotopic (exact) mass is 247 g/mol. The number of amides is 2. The summed E-state index contributed by atoms with van der Waals surface area (Å²) in [4.78, 5) is 22.5. The van der Waals surface area contributed by atoms with Crippen molar-refractivity contribution in [3.63, 3.8) is 0 Å². The van der Waals surface area contributed by atoms with Gasteiger partial charge in [-0.3, -0.25) is 14.9 Å². The molecule has 5 nitrogen and oxygen atoms in total. The number of carbonyl (C=O) groups excluding carboxylic acids is 2. The lowest BCUT2D eigenvalue weighted by molar-refractivity contribution is -0.130. The molecule has 0 aliphatic carbocycles. The predicted molar refractivity (Wildman–Crippen MR) is 59.5 cm³/mol. The van der Waals surface area contributed by atoms with E-state index >= 15 is 0 Å². The van der Waals surface area contributed by atoms with Crippen molar-refractivity contribution in [2.24, 2.45) is 0 Å². The molecule has 1 rings (SSSR count). The molecule has 0 aromatic carbocycles. The van der Waals surface area contributed by atoms with Gasteiger partial charge in [0.1, 0.15) is 0 Å². The van der Waals surface area contributed by atoms with Gasteiger partial charge in [0, 0.05) is 19.1 Å². The van der Waals surface area contributed by atoms with Crippen molar-refractivity contribution in [3.8, 4) is 0 Å². The van der Waals surface area contributed by atoms with E-state index in [2.05, 4.69) is 5.32 Å². The van der Waals surface area contributed by atoms with Crippen molar-refractivity contribution in [3.05, 3.63) is 0 Å². The molecule has 1 fully saturated rings. The second kappa shape index (κ2) is 4.53. The van der Waals surface area contributed by atoms with Crippen molar-refractivity contribution < 1.29 is 18.0 Å². The topological polar surface area (TPSA) is 80.3 Å². The van der Waals surface area contributed by atoms with Gasteiger partial charge in [-0.05, 0) is 26.2 Å². The minimum atomic E-state index is -3.21. The summed E-state index contributed by atoms with van der Waals surface area (Å²) in [6.07, 6.45) is 2.65. The van der Waals surface area contributed by atoms with Crippen LogP contribution in [-0.4, -0.2) is 31.2 Å². The first kappa shape index (κ1) is 13.2. The second-order valence-electron chi connectivity index (χ2n) is 4.55. The van der Waals surface area contributed by atoms with Gasteiger partial charge in [0.25, 0.3) is 0 Å². The predicted octanol–water partition coefficient (Wildman–Crippen LogP) is 0.397. The van der Waals surface area contributed by atoms with Gasteiger partial charge in [-0.2, -0.15) is 0 Å². The van der Waals surface area contributed by atoms with Gasteiger partial charge in [0.05, 0.1) is 4.75 Å². The molecule has 0 saturated carbocycles. The Hall–Kier alpha value is -0.910. The lowest BCUT2D eigenvalue weighted by atomic mass is 9.98. The fraction of sp³-hybridized carbons (Fsp3) is 0.800. The first-order valence-electron chi connectivity index (χ1n) is 5.27. The van der Waals surface area contributed by atoms with Crippen LogP contribution in [-0.2, 0) is 19.4 Å². The summed E-state index contributed by atoms with van der Waals surface area (Å²) >= 11 is 0. The van der Waals surface area contributed by atoms with E-state index < -0.39 is 14.6 Å². The highest BCUT2D eigenvalue weighted by Gasteiger charge is 2.36. The van der Waals surface area contributed by atoms with E-state index in [4.69, 9.17) is 0 Å². The van der Waals surface area contributed by atoms with E-state index in [9.17, 15) is 18.0 Å². The number of sulfone groups is 1. The number of hydrogen-bond acceptors (Lipinski definition) is 4. The van der Waals surface area contributed by atoms with E-state index in [-0.39, 0.29) is 31.1 Å². The Morgan fingerprint density at radius 1 is 1.12 bits per heavy atom. The van der Waals surface area contributed by atoms with Gasteiger partial charge in [0.15, 0.2) is 9.84 Å². The summed E-state index contributed by atoms with van der Waals surface area (Å²) in [5, 5.41) is 2.24. The summed E-state index contributed by atoms with van der Waals surface area (Å²) in [6.45, 7) is 1.64. The summed E-state index contributed by atoms with van der Waals surface area (Å²) < 4.78 is 22.4. The van der Waals surface area contributed by atoms with Crippen LogP contribution in [0.5, 0.6) is 0 Å². The van der Waals surface area contributed by atoms with E-state index in [0.717, 1.165) is 0 Å². The number of nitrogens with one attached hydrogen (secondary N) is 1. The number of rotatable bonds is 1. The zero-order valence-electron chi connectivity index (χ0n) is 9.58. The molecular weight excluding hydrogens is 230 g/mol. The minimum Gasteiger partial charge on any atom is -0.296 e. The third-order valence-electron chi connectivity index (χ3n) is 3.16. The molecule has 1 unspecified atom stereocenters. The van der Waals surface area contributed by atoms with Gasteiger partial charge in [-0.25, -0.2) is 8.42 Å². The Morgan fingerprint density at radius 3 is 2.25 bits per heavy atom. The van der Waals surface area contributed by atoms with Gasteiger partial charge < -0.3 is 0 Å². The van der Waals surface area contributed by atoms with E-state index in [1.807, 2.05) is 0 Å². The molecule has 1 saturated heterocycles. The molecule has 1 N–H and O–H groups in total. The lowest BCUT2D eigenvalue weighted by Crippen LogP contribution is -2.35. The molecule has 0 bridgehead atoms. The average molecular weight is 247 g/mol.